The van der Waals surface area contributed by atoms with E-state index in [2.05, 4.69) is 28.4 Å². The molecule has 3 aromatic heterocycles. The lowest BCUT2D eigenvalue weighted by Crippen LogP contribution is -2.38. The molecular formula is C21H25N7O4. The molecule has 2 aliphatic heterocycles. The summed E-state index contributed by atoms with van der Waals surface area (Å²) in [6.07, 6.45) is 4.23. The molecule has 2 N–H and O–H groups in total. The van der Waals surface area contributed by atoms with Crippen molar-refractivity contribution in [1.82, 2.24) is 24.3 Å². The van der Waals surface area contributed by atoms with Gasteiger partial charge in [-0.05, 0) is 12.5 Å². The number of ether oxygens (including phenoxy) is 3. The Hall–Kier alpha value is -3.20. The van der Waals surface area contributed by atoms with Crippen LogP contribution in [0.3, 0.4) is 0 Å². The Kier molecular flexibility index (Phi) is 5.65. The van der Waals surface area contributed by atoms with Gasteiger partial charge in [-0.25, -0.2) is 4.98 Å². The van der Waals surface area contributed by atoms with Crippen LogP contribution in [-0.2, 0) is 16.0 Å². The van der Waals surface area contributed by atoms with Gasteiger partial charge in [-0.2, -0.15) is 10.2 Å². The first-order chi connectivity index (χ1) is 15.7. The van der Waals surface area contributed by atoms with Gasteiger partial charge in [0.15, 0.2) is 0 Å². The summed E-state index contributed by atoms with van der Waals surface area (Å²) in [5, 5.41) is 27.4. The number of rotatable bonds is 7. The zero-order chi connectivity index (χ0) is 22.1. The standard InChI is InChI=1S/C21H25N7O4/c1-13-10-30-5-2-18(13)28-15(7-22)6-14-8-23-21(25-19(14)28)24-17-9-27(3-4-29)26-20(17)32-16-11-31-12-16/h6,8-9,13,16,18,29H,2-5,10-12H2,1H3,(H,23,24,25)/t13-,18-/m0/s1. The van der Waals surface area contributed by atoms with Gasteiger partial charge in [0.1, 0.15) is 29.2 Å². The maximum Gasteiger partial charge on any atom is 0.257 e. The monoisotopic (exact) mass is 439 g/mol. The minimum absolute atomic E-state index is 0.0384. The predicted octanol–water partition coefficient (Wildman–Crippen LogP) is 1.61. The van der Waals surface area contributed by atoms with Crippen LogP contribution in [0, 0.1) is 17.2 Å². The Balaban J connectivity index is 1.49. The summed E-state index contributed by atoms with van der Waals surface area (Å²) < 4.78 is 20.3. The molecule has 168 valence electrons. The Morgan fingerprint density at radius 2 is 2.22 bits per heavy atom. The molecule has 11 nitrogen and oxygen atoms in total. The maximum absolute atomic E-state index is 9.72. The van der Waals surface area contributed by atoms with Gasteiger partial charge in [0.25, 0.3) is 5.88 Å². The van der Waals surface area contributed by atoms with E-state index >= 15 is 0 Å². The highest BCUT2D eigenvalue weighted by atomic mass is 16.6. The van der Waals surface area contributed by atoms with E-state index in [-0.39, 0.29) is 24.7 Å². The van der Waals surface area contributed by atoms with Gasteiger partial charge < -0.3 is 29.2 Å². The molecule has 0 amide bonds. The van der Waals surface area contributed by atoms with Gasteiger partial charge in [0.05, 0.1) is 39.2 Å². The van der Waals surface area contributed by atoms with Crippen molar-refractivity contribution in [3.8, 4) is 11.9 Å². The average Bonchev–Trinajstić information content (AvgIpc) is 3.31. The first kappa shape index (κ1) is 20.7. The van der Waals surface area contributed by atoms with Crippen molar-refractivity contribution in [2.75, 3.05) is 38.4 Å². The zero-order valence-electron chi connectivity index (χ0n) is 17.8. The second kappa shape index (κ2) is 8.74. The van der Waals surface area contributed by atoms with Crippen LogP contribution in [0.2, 0.25) is 0 Å². The third kappa shape index (κ3) is 3.88. The van der Waals surface area contributed by atoms with Gasteiger partial charge in [0.2, 0.25) is 5.95 Å². The van der Waals surface area contributed by atoms with Gasteiger partial charge in [-0.15, -0.1) is 5.10 Å². The lowest BCUT2D eigenvalue weighted by molar-refractivity contribution is -0.0812. The number of fused-ring (bicyclic) bond motifs is 1. The summed E-state index contributed by atoms with van der Waals surface area (Å²) in [5.41, 5.74) is 1.87. The van der Waals surface area contributed by atoms with Crippen molar-refractivity contribution in [2.45, 2.75) is 32.0 Å². The fraction of sp³-hybridized carbons (Fsp3) is 0.524. The van der Waals surface area contributed by atoms with E-state index in [4.69, 9.17) is 19.2 Å². The quantitative estimate of drug-likeness (QED) is 0.563. The van der Waals surface area contributed by atoms with Crippen LogP contribution in [0.25, 0.3) is 11.0 Å². The van der Waals surface area contributed by atoms with Crippen LogP contribution in [0.15, 0.2) is 18.5 Å². The molecular weight excluding hydrogens is 414 g/mol. The van der Waals surface area contributed by atoms with Crippen LogP contribution in [-0.4, -0.2) is 68.6 Å². The lowest BCUT2D eigenvalue weighted by Gasteiger charge is -2.31. The van der Waals surface area contributed by atoms with E-state index in [0.29, 0.717) is 61.8 Å². The molecule has 2 fully saturated rings. The Morgan fingerprint density at radius 1 is 1.34 bits per heavy atom. The molecule has 0 aliphatic carbocycles. The highest BCUT2D eigenvalue weighted by Gasteiger charge is 2.28. The van der Waals surface area contributed by atoms with Crippen LogP contribution in [0.4, 0.5) is 11.6 Å². The van der Waals surface area contributed by atoms with Crippen LogP contribution < -0.4 is 10.1 Å². The summed E-state index contributed by atoms with van der Waals surface area (Å²) in [6, 6.07) is 4.25. The molecule has 2 saturated heterocycles. The Labute approximate surface area is 184 Å². The predicted molar refractivity (Wildman–Crippen MR) is 114 cm³/mol. The number of hydrogen-bond donors (Lipinski definition) is 2. The number of nitriles is 1. The molecule has 2 aliphatic rings. The molecule has 0 aromatic carbocycles. The van der Waals surface area contributed by atoms with Crippen molar-refractivity contribution >= 4 is 22.7 Å². The van der Waals surface area contributed by atoms with Crippen molar-refractivity contribution in [3.05, 3.63) is 24.2 Å². The zero-order valence-corrected chi connectivity index (χ0v) is 17.8. The van der Waals surface area contributed by atoms with Crippen LogP contribution in [0.5, 0.6) is 5.88 Å². The maximum atomic E-state index is 9.72. The lowest BCUT2D eigenvalue weighted by atomic mass is 9.97. The molecule has 5 rings (SSSR count). The normalized spacial score (nSPS) is 21.3. The SMILES string of the molecule is C[C@H]1COCC[C@@H]1n1c(C#N)cc2cnc(Nc3cn(CCO)nc3OC3COC3)nc21. The third-order valence-corrected chi connectivity index (χ3v) is 5.81. The number of aliphatic hydroxyl groups excluding tert-OH is 1. The van der Waals surface area contributed by atoms with E-state index < -0.39 is 0 Å². The molecule has 0 spiro atoms. The van der Waals surface area contributed by atoms with Gasteiger partial charge in [-0.3, -0.25) is 4.68 Å². The number of nitrogens with zero attached hydrogens (tertiary/aromatic N) is 6. The minimum Gasteiger partial charge on any atom is -0.467 e. The number of anilines is 2. The summed E-state index contributed by atoms with van der Waals surface area (Å²) in [6.45, 7) is 4.77. The van der Waals surface area contributed by atoms with Crippen molar-refractivity contribution < 1.29 is 19.3 Å². The molecule has 3 aromatic rings. The smallest absolute Gasteiger partial charge is 0.257 e. The molecule has 2 atom stereocenters. The number of nitrogens with one attached hydrogen (secondary N) is 1. The molecule has 5 heterocycles. The summed E-state index contributed by atoms with van der Waals surface area (Å²) >= 11 is 0. The number of aliphatic hydroxyl groups is 1. The first-order valence-corrected chi connectivity index (χ1v) is 10.7. The summed E-state index contributed by atoms with van der Waals surface area (Å²) in [7, 11) is 0. The second-order valence-corrected chi connectivity index (χ2v) is 8.13. The molecule has 11 heteroatoms. The summed E-state index contributed by atoms with van der Waals surface area (Å²) in [5.74, 6) is 1.04. The third-order valence-electron chi connectivity index (χ3n) is 5.81. The first-order valence-electron chi connectivity index (χ1n) is 10.7. The van der Waals surface area contributed by atoms with E-state index in [0.717, 1.165) is 11.8 Å². The molecule has 32 heavy (non-hydrogen) atoms. The van der Waals surface area contributed by atoms with E-state index in [9.17, 15) is 10.4 Å². The van der Waals surface area contributed by atoms with E-state index in [1.165, 1.54) is 0 Å². The molecule has 0 bridgehead atoms. The van der Waals surface area contributed by atoms with E-state index in [1.807, 2.05) is 10.6 Å². The fourth-order valence-electron chi connectivity index (χ4n) is 4.10. The number of hydrogen-bond acceptors (Lipinski definition) is 9. The number of aromatic nitrogens is 5. The van der Waals surface area contributed by atoms with Crippen molar-refractivity contribution in [1.29, 1.82) is 5.26 Å². The average molecular weight is 439 g/mol. The van der Waals surface area contributed by atoms with Crippen LogP contribution in [0.1, 0.15) is 25.1 Å². The molecule has 0 saturated carbocycles. The Bertz CT molecular complexity index is 1150. The topological polar surface area (TPSA) is 132 Å². The summed E-state index contributed by atoms with van der Waals surface area (Å²) in [4.78, 5) is 9.17. The largest absolute Gasteiger partial charge is 0.467 e. The highest BCUT2D eigenvalue weighted by molar-refractivity contribution is 5.79. The van der Waals surface area contributed by atoms with Crippen molar-refractivity contribution in [2.24, 2.45) is 5.92 Å². The highest BCUT2D eigenvalue weighted by Crippen LogP contribution is 2.33. The second-order valence-electron chi connectivity index (χ2n) is 8.13. The Morgan fingerprint density at radius 3 is 2.94 bits per heavy atom. The van der Waals surface area contributed by atoms with E-state index in [1.54, 1.807) is 17.1 Å². The molecule has 0 unspecified atom stereocenters. The van der Waals surface area contributed by atoms with Gasteiger partial charge >= 0.3 is 0 Å². The molecule has 0 radical (unpaired) electrons. The van der Waals surface area contributed by atoms with Gasteiger partial charge in [-0.1, -0.05) is 6.92 Å². The van der Waals surface area contributed by atoms with Crippen LogP contribution >= 0.6 is 0 Å². The van der Waals surface area contributed by atoms with Gasteiger partial charge in [0, 0.05) is 30.1 Å². The van der Waals surface area contributed by atoms with Crippen molar-refractivity contribution in [3.63, 3.8) is 0 Å². The minimum atomic E-state index is -0.0538. The fourth-order valence-corrected chi connectivity index (χ4v) is 4.10.